The number of aryl methyl sites for hydroxylation is 2. The molecule has 0 bridgehead atoms. The lowest BCUT2D eigenvalue weighted by Crippen LogP contribution is -2.52. The van der Waals surface area contributed by atoms with Gasteiger partial charge in [-0.2, -0.15) is 0 Å². The maximum atomic E-state index is 12.2. The van der Waals surface area contributed by atoms with E-state index in [-0.39, 0.29) is 18.1 Å². The van der Waals surface area contributed by atoms with Crippen LogP contribution in [0.5, 0.6) is 0 Å². The van der Waals surface area contributed by atoms with Crippen molar-refractivity contribution in [3.63, 3.8) is 0 Å². The molecule has 1 aromatic rings. The number of likely N-dealkylation sites (tertiary alicyclic amines) is 1. The van der Waals surface area contributed by atoms with Gasteiger partial charge in [0.25, 0.3) is 0 Å². The molecule has 1 fully saturated rings. The maximum absolute atomic E-state index is 12.2. The number of methoxy groups -OCH3 is 1. The molecule has 1 aliphatic heterocycles. The first-order valence-corrected chi connectivity index (χ1v) is 8.69. The summed E-state index contributed by atoms with van der Waals surface area (Å²) in [6.07, 6.45) is 2.84. The normalized spacial score (nSPS) is 19.9. The van der Waals surface area contributed by atoms with Gasteiger partial charge in [0, 0.05) is 37.8 Å². The number of ether oxygens (including phenoxy) is 1. The van der Waals surface area contributed by atoms with E-state index >= 15 is 0 Å². The van der Waals surface area contributed by atoms with Crippen molar-refractivity contribution < 1.29 is 14.1 Å². The summed E-state index contributed by atoms with van der Waals surface area (Å²) in [7, 11) is 1.72. The third-order valence-electron chi connectivity index (χ3n) is 4.52. The van der Waals surface area contributed by atoms with Crippen LogP contribution in [0.1, 0.15) is 36.8 Å². The molecule has 1 aliphatic rings. The summed E-state index contributed by atoms with van der Waals surface area (Å²) in [5, 5.41) is 10.1. The first kappa shape index (κ1) is 18.7. The van der Waals surface area contributed by atoms with Crippen LogP contribution in [0.4, 0.5) is 4.79 Å². The Morgan fingerprint density at radius 2 is 2.29 bits per heavy atom. The molecule has 0 saturated carbocycles. The molecule has 0 aromatic carbocycles. The Kier molecular flexibility index (Phi) is 7.05. The van der Waals surface area contributed by atoms with Crippen LogP contribution in [-0.4, -0.2) is 61.5 Å². The molecule has 2 heterocycles. The fourth-order valence-corrected chi connectivity index (χ4v) is 3.20. The molecule has 2 atom stereocenters. The Bertz CT molecular complexity index is 512. The van der Waals surface area contributed by atoms with Crippen molar-refractivity contribution in [2.45, 2.75) is 52.1 Å². The van der Waals surface area contributed by atoms with Crippen molar-refractivity contribution in [1.29, 1.82) is 0 Å². The minimum absolute atomic E-state index is 0.0231. The minimum atomic E-state index is -0.104. The predicted molar refractivity (Wildman–Crippen MR) is 92.1 cm³/mol. The van der Waals surface area contributed by atoms with Crippen LogP contribution in [-0.2, 0) is 11.2 Å². The van der Waals surface area contributed by atoms with E-state index in [9.17, 15) is 4.79 Å². The zero-order chi connectivity index (χ0) is 17.5. The van der Waals surface area contributed by atoms with E-state index in [1.165, 1.54) is 0 Å². The molecule has 7 heteroatoms. The van der Waals surface area contributed by atoms with Gasteiger partial charge in [-0.15, -0.1) is 0 Å². The molecule has 2 rings (SSSR count). The molecule has 0 radical (unpaired) electrons. The lowest BCUT2D eigenvalue weighted by Gasteiger charge is -2.33. The Labute approximate surface area is 144 Å². The summed E-state index contributed by atoms with van der Waals surface area (Å²) in [6, 6.07) is 0.115. The quantitative estimate of drug-likeness (QED) is 0.790. The largest absolute Gasteiger partial charge is 0.383 e. The molecule has 0 aliphatic carbocycles. The SMILES string of the molecule is COCCN1CCC[C@@H](NC(=O)N[C@@H](C)Cc2c(C)noc2C)C1. The minimum Gasteiger partial charge on any atom is -0.383 e. The summed E-state index contributed by atoms with van der Waals surface area (Å²) in [5.41, 5.74) is 1.97. The van der Waals surface area contributed by atoms with E-state index in [0.717, 1.165) is 62.5 Å². The number of nitrogens with zero attached hydrogens (tertiary/aromatic N) is 2. The third kappa shape index (κ3) is 5.49. The number of urea groups is 1. The van der Waals surface area contributed by atoms with Crippen molar-refractivity contribution >= 4 is 6.03 Å². The number of carbonyl (C=O) groups is 1. The molecule has 2 amide bonds. The first-order chi connectivity index (χ1) is 11.5. The van der Waals surface area contributed by atoms with E-state index in [1.54, 1.807) is 7.11 Å². The van der Waals surface area contributed by atoms with E-state index in [1.807, 2.05) is 20.8 Å². The molecule has 1 saturated heterocycles. The van der Waals surface area contributed by atoms with Crippen LogP contribution < -0.4 is 10.6 Å². The van der Waals surface area contributed by atoms with Crippen LogP contribution in [0.25, 0.3) is 0 Å². The molecule has 2 N–H and O–H groups in total. The number of aromatic nitrogens is 1. The molecule has 1 aromatic heterocycles. The molecule has 136 valence electrons. The molecule has 0 spiro atoms. The van der Waals surface area contributed by atoms with E-state index < -0.39 is 0 Å². The summed E-state index contributed by atoms with van der Waals surface area (Å²) >= 11 is 0. The summed E-state index contributed by atoms with van der Waals surface area (Å²) in [5.74, 6) is 0.822. The van der Waals surface area contributed by atoms with Crippen molar-refractivity contribution in [3.8, 4) is 0 Å². The number of nitrogens with one attached hydrogen (secondary N) is 2. The number of hydrogen-bond acceptors (Lipinski definition) is 5. The van der Waals surface area contributed by atoms with Crippen LogP contribution in [0.2, 0.25) is 0 Å². The molecular formula is C17H30N4O3. The second-order valence-corrected chi connectivity index (χ2v) is 6.66. The van der Waals surface area contributed by atoms with Crippen LogP contribution in [0.15, 0.2) is 4.52 Å². The van der Waals surface area contributed by atoms with Crippen molar-refractivity contribution in [2.75, 3.05) is 33.4 Å². The second-order valence-electron chi connectivity index (χ2n) is 6.66. The van der Waals surface area contributed by atoms with Gasteiger partial charge in [0.2, 0.25) is 0 Å². The fourth-order valence-electron chi connectivity index (χ4n) is 3.20. The summed E-state index contributed by atoms with van der Waals surface area (Å²) in [6.45, 7) is 9.43. The zero-order valence-corrected chi connectivity index (χ0v) is 15.2. The van der Waals surface area contributed by atoms with Gasteiger partial charge in [-0.05, 0) is 46.6 Å². The molecular weight excluding hydrogens is 308 g/mol. The standard InChI is InChI=1S/C17H30N4O3/c1-12(10-16-13(2)20-24-14(16)3)18-17(22)19-15-6-5-7-21(11-15)8-9-23-4/h12,15H,5-11H2,1-4H3,(H2,18,19,22)/t12-,15+/m0/s1. The van der Waals surface area contributed by atoms with E-state index in [0.29, 0.717) is 0 Å². The Balaban J connectivity index is 1.76. The van der Waals surface area contributed by atoms with Gasteiger partial charge in [-0.1, -0.05) is 5.16 Å². The summed E-state index contributed by atoms with van der Waals surface area (Å²) < 4.78 is 10.3. The predicted octanol–water partition coefficient (Wildman–Crippen LogP) is 1.63. The van der Waals surface area contributed by atoms with Gasteiger partial charge < -0.3 is 19.9 Å². The van der Waals surface area contributed by atoms with Gasteiger partial charge in [0.05, 0.1) is 12.3 Å². The van der Waals surface area contributed by atoms with E-state index in [2.05, 4.69) is 20.7 Å². The highest BCUT2D eigenvalue weighted by molar-refractivity contribution is 5.74. The Morgan fingerprint density at radius 3 is 2.96 bits per heavy atom. The van der Waals surface area contributed by atoms with Gasteiger partial charge in [-0.3, -0.25) is 4.90 Å². The van der Waals surface area contributed by atoms with Crippen molar-refractivity contribution in [3.05, 3.63) is 17.0 Å². The van der Waals surface area contributed by atoms with Crippen LogP contribution in [0.3, 0.4) is 0 Å². The number of hydrogen-bond donors (Lipinski definition) is 2. The third-order valence-corrected chi connectivity index (χ3v) is 4.52. The summed E-state index contributed by atoms with van der Waals surface area (Å²) in [4.78, 5) is 14.6. The van der Waals surface area contributed by atoms with Crippen molar-refractivity contribution in [2.24, 2.45) is 0 Å². The average Bonchev–Trinajstić information content (AvgIpc) is 2.85. The van der Waals surface area contributed by atoms with Gasteiger partial charge in [-0.25, -0.2) is 4.79 Å². The fraction of sp³-hybridized carbons (Fsp3) is 0.765. The van der Waals surface area contributed by atoms with Crippen molar-refractivity contribution in [1.82, 2.24) is 20.7 Å². The number of piperidine rings is 1. The Morgan fingerprint density at radius 1 is 1.50 bits per heavy atom. The lowest BCUT2D eigenvalue weighted by atomic mass is 10.1. The smallest absolute Gasteiger partial charge is 0.315 e. The zero-order valence-electron chi connectivity index (χ0n) is 15.2. The van der Waals surface area contributed by atoms with E-state index in [4.69, 9.17) is 9.26 Å². The van der Waals surface area contributed by atoms with Gasteiger partial charge in [0.1, 0.15) is 5.76 Å². The first-order valence-electron chi connectivity index (χ1n) is 8.69. The molecule has 7 nitrogen and oxygen atoms in total. The number of carbonyl (C=O) groups excluding carboxylic acids is 1. The lowest BCUT2D eigenvalue weighted by molar-refractivity contribution is 0.123. The number of rotatable bonds is 7. The second kappa shape index (κ2) is 9.03. The van der Waals surface area contributed by atoms with Crippen LogP contribution >= 0.6 is 0 Å². The molecule has 24 heavy (non-hydrogen) atoms. The molecule has 0 unspecified atom stereocenters. The highest BCUT2D eigenvalue weighted by Crippen LogP contribution is 2.14. The Hall–Kier alpha value is -1.60. The topological polar surface area (TPSA) is 79.6 Å². The average molecular weight is 338 g/mol. The maximum Gasteiger partial charge on any atom is 0.315 e. The highest BCUT2D eigenvalue weighted by atomic mass is 16.5. The number of amides is 2. The highest BCUT2D eigenvalue weighted by Gasteiger charge is 2.22. The monoisotopic (exact) mass is 338 g/mol. The van der Waals surface area contributed by atoms with Crippen LogP contribution in [0, 0.1) is 13.8 Å². The van der Waals surface area contributed by atoms with Gasteiger partial charge in [0.15, 0.2) is 0 Å². The van der Waals surface area contributed by atoms with Gasteiger partial charge >= 0.3 is 6.03 Å².